The SMILES string of the molecule is CC(C)=CC[C@@H](C(=O)Nc1ccc(Cl)cc1)[C@H]1CC[C@H](c2ccnc3ccccc32)CC1. The van der Waals surface area contributed by atoms with Gasteiger partial charge in [0, 0.05) is 28.2 Å². The molecule has 1 aliphatic rings. The van der Waals surface area contributed by atoms with Gasteiger partial charge in [0.25, 0.3) is 0 Å². The molecule has 0 unspecified atom stereocenters. The van der Waals surface area contributed by atoms with Crippen LogP contribution >= 0.6 is 11.6 Å². The first-order valence-corrected chi connectivity index (χ1v) is 11.9. The molecule has 2 aromatic carbocycles. The van der Waals surface area contributed by atoms with Gasteiger partial charge >= 0.3 is 0 Å². The molecule has 0 bridgehead atoms. The van der Waals surface area contributed by atoms with E-state index in [1.165, 1.54) is 16.5 Å². The van der Waals surface area contributed by atoms with E-state index >= 15 is 0 Å². The van der Waals surface area contributed by atoms with E-state index in [1.54, 1.807) is 0 Å². The zero-order valence-electron chi connectivity index (χ0n) is 18.9. The minimum atomic E-state index is -0.0179. The smallest absolute Gasteiger partial charge is 0.228 e. The summed E-state index contributed by atoms with van der Waals surface area (Å²) in [6.45, 7) is 4.19. The maximum Gasteiger partial charge on any atom is 0.228 e. The molecular weight excluding hydrogens is 416 g/mol. The van der Waals surface area contributed by atoms with Crippen molar-refractivity contribution in [1.29, 1.82) is 0 Å². The molecule has 1 aromatic heterocycles. The van der Waals surface area contributed by atoms with E-state index in [0.29, 0.717) is 16.9 Å². The van der Waals surface area contributed by atoms with Crippen LogP contribution in [0.3, 0.4) is 0 Å². The van der Waals surface area contributed by atoms with E-state index in [9.17, 15) is 4.79 Å². The van der Waals surface area contributed by atoms with Gasteiger partial charge in [-0.15, -0.1) is 0 Å². The number of amides is 1. The number of nitrogens with one attached hydrogen (secondary N) is 1. The summed E-state index contributed by atoms with van der Waals surface area (Å²) in [5, 5.41) is 5.06. The Hall–Kier alpha value is -2.65. The van der Waals surface area contributed by atoms with Crippen LogP contribution in [0.5, 0.6) is 0 Å². The summed E-state index contributed by atoms with van der Waals surface area (Å²) >= 11 is 5.99. The van der Waals surface area contributed by atoms with Crippen molar-refractivity contribution in [3.05, 3.63) is 83.0 Å². The van der Waals surface area contributed by atoms with Gasteiger partial charge in [0.05, 0.1) is 5.52 Å². The summed E-state index contributed by atoms with van der Waals surface area (Å²) in [4.78, 5) is 17.8. The summed E-state index contributed by atoms with van der Waals surface area (Å²) < 4.78 is 0. The zero-order chi connectivity index (χ0) is 22.5. The van der Waals surface area contributed by atoms with Crippen molar-refractivity contribution in [2.75, 3.05) is 5.32 Å². The largest absolute Gasteiger partial charge is 0.326 e. The fourth-order valence-corrected chi connectivity index (χ4v) is 5.08. The van der Waals surface area contributed by atoms with Crippen molar-refractivity contribution < 1.29 is 4.79 Å². The number of nitrogens with zero attached hydrogens (tertiary/aromatic N) is 1. The van der Waals surface area contributed by atoms with Gasteiger partial charge in [-0.05, 0) is 99.7 Å². The molecule has 0 aliphatic heterocycles. The van der Waals surface area contributed by atoms with Crippen LogP contribution in [0.25, 0.3) is 10.9 Å². The molecule has 3 aromatic rings. The fraction of sp³-hybridized carbons (Fsp3) is 0.357. The summed E-state index contributed by atoms with van der Waals surface area (Å²) in [7, 11) is 0. The first-order valence-electron chi connectivity index (χ1n) is 11.5. The Morgan fingerprint density at radius 2 is 1.78 bits per heavy atom. The highest BCUT2D eigenvalue weighted by Gasteiger charge is 2.32. The Balaban J connectivity index is 1.47. The van der Waals surface area contributed by atoms with Gasteiger partial charge in [0.15, 0.2) is 0 Å². The van der Waals surface area contributed by atoms with Gasteiger partial charge < -0.3 is 5.32 Å². The number of para-hydroxylation sites is 1. The average molecular weight is 447 g/mol. The number of allylic oxidation sites excluding steroid dienone is 2. The summed E-state index contributed by atoms with van der Waals surface area (Å²) in [5.74, 6) is 1.02. The van der Waals surface area contributed by atoms with Crippen LogP contribution in [0.2, 0.25) is 5.02 Å². The van der Waals surface area contributed by atoms with Crippen LogP contribution in [0.15, 0.2) is 72.4 Å². The topological polar surface area (TPSA) is 42.0 Å². The second-order valence-electron chi connectivity index (χ2n) is 9.15. The molecule has 166 valence electrons. The highest BCUT2D eigenvalue weighted by molar-refractivity contribution is 6.30. The van der Waals surface area contributed by atoms with E-state index in [1.807, 2.05) is 36.5 Å². The molecule has 1 saturated carbocycles. The second-order valence-corrected chi connectivity index (χ2v) is 9.59. The fourth-order valence-electron chi connectivity index (χ4n) is 4.95. The number of fused-ring (bicyclic) bond motifs is 1. The molecule has 0 spiro atoms. The minimum Gasteiger partial charge on any atom is -0.326 e. The molecule has 1 N–H and O–H groups in total. The Morgan fingerprint density at radius 3 is 2.50 bits per heavy atom. The lowest BCUT2D eigenvalue weighted by Crippen LogP contribution is -2.31. The first kappa shape index (κ1) is 22.5. The first-order chi connectivity index (χ1) is 15.5. The lowest BCUT2D eigenvalue weighted by atomic mass is 9.72. The lowest BCUT2D eigenvalue weighted by molar-refractivity contribution is -0.121. The third-order valence-electron chi connectivity index (χ3n) is 6.69. The van der Waals surface area contributed by atoms with E-state index in [-0.39, 0.29) is 11.8 Å². The van der Waals surface area contributed by atoms with Crippen LogP contribution in [0, 0.1) is 11.8 Å². The number of hydrogen-bond acceptors (Lipinski definition) is 2. The number of benzene rings is 2. The van der Waals surface area contributed by atoms with Crippen molar-refractivity contribution in [3.8, 4) is 0 Å². The number of carbonyl (C=O) groups excluding carboxylic acids is 1. The van der Waals surface area contributed by atoms with Crippen LogP contribution in [-0.4, -0.2) is 10.9 Å². The number of carbonyl (C=O) groups is 1. The van der Waals surface area contributed by atoms with Gasteiger partial charge in [-0.25, -0.2) is 0 Å². The molecule has 1 atom stereocenters. The number of pyridine rings is 1. The molecule has 4 rings (SSSR count). The minimum absolute atomic E-state index is 0.0179. The molecule has 1 amide bonds. The van der Waals surface area contributed by atoms with Crippen molar-refractivity contribution in [1.82, 2.24) is 4.98 Å². The maximum absolute atomic E-state index is 13.3. The van der Waals surface area contributed by atoms with Crippen molar-refractivity contribution in [2.45, 2.75) is 51.9 Å². The third kappa shape index (κ3) is 5.39. The Kier molecular flexibility index (Phi) is 7.26. The van der Waals surface area contributed by atoms with E-state index in [4.69, 9.17) is 11.6 Å². The molecule has 32 heavy (non-hydrogen) atoms. The van der Waals surface area contributed by atoms with E-state index < -0.39 is 0 Å². The summed E-state index contributed by atoms with van der Waals surface area (Å²) in [6.07, 6.45) is 9.27. The molecule has 1 heterocycles. The van der Waals surface area contributed by atoms with Crippen molar-refractivity contribution >= 4 is 34.1 Å². The highest BCUT2D eigenvalue weighted by Crippen LogP contribution is 2.41. The Morgan fingerprint density at radius 1 is 1.06 bits per heavy atom. The zero-order valence-corrected chi connectivity index (χ0v) is 19.6. The third-order valence-corrected chi connectivity index (χ3v) is 6.94. The van der Waals surface area contributed by atoms with Crippen molar-refractivity contribution in [2.24, 2.45) is 11.8 Å². The van der Waals surface area contributed by atoms with Gasteiger partial charge in [0.2, 0.25) is 5.91 Å². The number of anilines is 1. The number of hydrogen-bond donors (Lipinski definition) is 1. The molecular formula is C28H31ClN2O. The van der Waals surface area contributed by atoms with Crippen LogP contribution in [0.4, 0.5) is 5.69 Å². The summed E-state index contributed by atoms with van der Waals surface area (Å²) in [5.41, 5.74) is 4.53. The van der Waals surface area contributed by atoms with Crippen molar-refractivity contribution in [3.63, 3.8) is 0 Å². The van der Waals surface area contributed by atoms with E-state index in [2.05, 4.69) is 54.5 Å². The van der Waals surface area contributed by atoms with E-state index in [0.717, 1.165) is 43.3 Å². The molecule has 0 saturated heterocycles. The van der Waals surface area contributed by atoms with Gasteiger partial charge in [-0.2, -0.15) is 0 Å². The number of halogens is 1. The molecule has 1 aliphatic carbocycles. The normalized spacial score (nSPS) is 19.3. The highest BCUT2D eigenvalue weighted by atomic mass is 35.5. The monoisotopic (exact) mass is 446 g/mol. The van der Waals surface area contributed by atoms with Crippen LogP contribution in [-0.2, 0) is 4.79 Å². The number of rotatable bonds is 6. The van der Waals surface area contributed by atoms with Crippen LogP contribution < -0.4 is 5.32 Å². The molecule has 0 radical (unpaired) electrons. The quantitative estimate of drug-likeness (QED) is 0.393. The summed E-state index contributed by atoms with van der Waals surface area (Å²) in [6, 6.07) is 17.9. The lowest BCUT2D eigenvalue weighted by Gasteiger charge is -2.33. The second kappa shape index (κ2) is 10.3. The van der Waals surface area contributed by atoms with Gasteiger partial charge in [0.1, 0.15) is 0 Å². The van der Waals surface area contributed by atoms with Gasteiger partial charge in [-0.1, -0.05) is 41.4 Å². The predicted octanol–water partition coefficient (Wildman–Crippen LogP) is 7.77. The molecule has 3 nitrogen and oxygen atoms in total. The average Bonchev–Trinajstić information content (AvgIpc) is 2.80. The standard InChI is InChI=1S/C28H31ClN2O/c1-19(2)7-16-25(28(32)31-23-14-12-22(29)13-15-23)21-10-8-20(9-11-21)24-17-18-30-27-6-4-3-5-26(24)27/h3-7,12-15,17-18,20-21,25H,8-11,16H2,1-2H3,(H,31,32)/t20-,21-,25-/m1/s1. The maximum atomic E-state index is 13.3. The Labute approximate surface area is 195 Å². The van der Waals surface area contributed by atoms with Gasteiger partial charge in [-0.3, -0.25) is 9.78 Å². The van der Waals surface area contributed by atoms with Crippen LogP contribution in [0.1, 0.15) is 57.4 Å². The Bertz CT molecular complexity index is 1090. The molecule has 4 heteroatoms. The number of aromatic nitrogens is 1. The predicted molar refractivity (Wildman–Crippen MR) is 134 cm³/mol. The molecule has 1 fully saturated rings.